The highest BCUT2D eigenvalue weighted by Crippen LogP contribution is 2.36. The van der Waals surface area contributed by atoms with Crippen molar-refractivity contribution in [3.8, 4) is 11.4 Å². The van der Waals surface area contributed by atoms with Crippen LogP contribution in [-0.2, 0) is 16.1 Å². The third kappa shape index (κ3) is 4.12. The number of fused-ring (bicyclic) bond motifs is 1. The van der Waals surface area contributed by atoms with Gasteiger partial charge in [-0.1, -0.05) is 19.1 Å². The number of benzene rings is 1. The van der Waals surface area contributed by atoms with E-state index in [2.05, 4.69) is 28.7 Å². The Balaban J connectivity index is 2.04. The van der Waals surface area contributed by atoms with E-state index in [0.717, 1.165) is 58.9 Å². The van der Waals surface area contributed by atoms with Gasteiger partial charge >= 0.3 is 0 Å². The summed E-state index contributed by atoms with van der Waals surface area (Å²) in [4.78, 5) is 20.6. The van der Waals surface area contributed by atoms with Crippen LogP contribution in [0.5, 0.6) is 0 Å². The van der Waals surface area contributed by atoms with E-state index in [1.54, 1.807) is 0 Å². The summed E-state index contributed by atoms with van der Waals surface area (Å²) in [5.74, 6) is 1.64. The van der Waals surface area contributed by atoms with Crippen molar-refractivity contribution in [1.29, 1.82) is 0 Å². The number of hydrogen-bond donors (Lipinski definition) is 2. The van der Waals surface area contributed by atoms with Crippen molar-refractivity contribution in [3.63, 3.8) is 0 Å². The fourth-order valence-corrected chi connectivity index (χ4v) is 3.52. The Hall–Kier alpha value is -2.60. The molecule has 0 atom stereocenters. The predicted octanol–water partition coefficient (Wildman–Crippen LogP) is 4.81. The van der Waals surface area contributed by atoms with Gasteiger partial charge in [0.2, 0.25) is 5.91 Å². The molecule has 0 aliphatic heterocycles. The molecule has 1 aromatic carbocycles. The van der Waals surface area contributed by atoms with Gasteiger partial charge in [-0.25, -0.2) is 4.98 Å². The lowest BCUT2D eigenvalue weighted by molar-refractivity contribution is -0.116. The topological polar surface area (TPSA) is 71.9 Å². The second kappa shape index (κ2) is 9.06. The van der Waals surface area contributed by atoms with Gasteiger partial charge in [0.25, 0.3) is 0 Å². The van der Waals surface area contributed by atoms with E-state index in [1.807, 2.05) is 38.1 Å². The molecule has 150 valence electrons. The van der Waals surface area contributed by atoms with Gasteiger partial charge in [-0.3, -0.25) is 4.79 Å². The van der Waals surface area contributed by atoms with E-state index in [-0.39, 0.29) is 5.91 Å². The largest absolute Gasteiger partial charge is 0.382 e. The van der Waals surface area contributed by atoms with Gasteiger partial charge in [0.15, 0.2) is 0 Å². The highest BCUT2D eigenvalue weighted by molar-refractivity contribution is 5.95. The molecule has 0 spiro atoms. The molecular weight excluding hydrogens is 352 g/mol. The number of rotatable bonds is 9. The molecule has 0 saturated heterocycles. The summed E-state index contributed by atoms with van der Waals surface area (Å²) >= 11 is 0. The Labute approximate surface area is 166 Å². The standard InChI is InChI=1S/C22H30N4O2/c1-5-10-19(27)25-22-20(21-23-17-11-7-8-12-18(17)24-21)15(3)16(4)26(22)13-9-14-28-6-2/h7-8,11-12H,5-6,9-10,13-14H2,1-4H3,(H,23,24)(H,25,27). The van der Waals surface area contributed by atoms with E-state index in [9.17, 15) is 4.79 Å². The first kappa shape index (κ1) is 20.1. The summed E-state index contributed by atoms with van der Waals surface area (Å²) in [6.07, 6.45) is 2.20. The number of aromatic amines is 1. The number of H-pyrrole nitrogens is 1. The van der Waals surface area contributed by atoms with Gasteiger partial charge in [-0.05, 0) is 51.3 Å². The average molecular weight is 383 g/mol. The summed E-state index contributed by atoms with van der Waals surface area (Å²) in [5.41, 5.74) is 5.14. The van der Waals surface area contributed by atoms with Crippen molar-refractivity contribution in [2.75, 3.05) is 18.5 Å². The van der Waals surface area contributed by atoms with Crippen LogP contribution in [-0.4, -0.2) is 33.7 Å². The molecule has 0 unspecified atom stereocenters. The van der Waals surface area contributed by atoms with Crippen molar-refractivity contribution < 1.29 is 9.53 Å². The molecular formula is C22H30N4O2. The maximum absolute atomic E-state index is 12.4. The number of carbonyl (C=O) groups excluding carboxylic acids is 1. The van der Waals surface area contributed by atoms with Gasteiger partial charge < -0.3 is 19.6 Å². The van der Waals surface area contributed by atoms with Crippen molar-refractivity contribution in [1.82, 2.24) is 14.5 Å². The number of para-hydroxylation sites is 2. The van der Waals surface area contributed by atoms with E-state index < -0.39 is 0 Å². The number of nitrogens with zero attached hydrogens (tertiary/aromatic N) is 2. The second-order valence-corrected chi connectivity index (χ2v) is 7.04. The second-order valence-electron chi connectivity index (χ2n) is 7.04. The van der Waals surface area contributed by atoms with Crippen molar-refractivity contribution in [3.05, 3.63) is 35.5 Å². The number of carbonyl (C=O) groups is 1. The van der Waals surface area contributed by atoms with Crippen LogP contribution in [0.4, 0.5) is 5.82 Å². The number of nitrogens with one attached hydrogen (secondary N) is 2. The molecule has 0 aliphatic rings. The monoisotopic (exact) mass is 382 g/mol. The molecule has 6 nitrogen and oxygen atoms in total. The van der Waals surface area contributed by atoms with Gasteiger partial charge in [-0.2, -0.15) is 0 Å². The minimum absolute atomic E-state index is 0.0309. The lowest BCUT2D eigenvalue weighted by atomic mass is 10.1. The maximum Gasteiger partial charge on any atom is 0.225 e. The molecule has 2 N–H and O–H groups in total. The highest BCUT2D eigenvalue weighted by atomic mass is 16.5. The SMILES string of the molecule is CCCC(=O)Nc1c(-c2nc3ccccc3[nH]2)c(C)c(C)n1CCCOCC. The first-order valence-corrected chi connectivity index (χ1v) is 10.1. The zero-order chi connectivity index (χ0) is 20.1. The molecule has 0 saturated carbocycles. The molecule has 0 aliphatic carbocycles. The van der Waals surface area contributed by atoms with Gasteiger partial charge in [-0.15, -0.1) is 0 Å². The summed E-state index contributed by atoms with van der Waals surface area (Å²) in [6.45, 7) is 10.4. The number of ether oxygens (including phenoxy) is 1. The number of aromatic nitrogens is 3. The van der Waals surface area contributed by atoms with Crippen LogP contribution in [0.15, 0.2) is 24.3 Å². The Morgan fingerprint density at radius 3 is 2.75 bits per heavy atom. The normalized spacial score (nSPS) is 11.3. The number of imidazole rings is 1. The fourth-order valence-electron chi connectivity index (χ4n) is 3.52. The van der Waals surface area contributed by atoms with Crippen LogP contribution >= 0.6 is 0 Å². The predicted molar refractivity (Wildman–Crippen MR) is 114 cm³/mol. The van der Waals surface area contributed by atoms with E-state index in [4.69, 9.17) is 9.72 Å². The molecule has 0 fully saturated rings. The van der Waals surface area contributed by atoms with Crippen LogP contribution in [0, 0.1) is 13.8 Å². The summed E-state index contributed by atoms with van der Waals surface area (Å²) in [6, 6.07) is 7.98. The van der Waals surface area contributed by atoms with Crippen molar-refractivity contribution in [2.24, 2.45) is 0 Å². The Morgan fingerprint density at radius 1 is 1.25 bits per heavy atom. The minimum atomic E-state index is 0.0309. The van der Waals surface area contributed by atoms with Gasteiger partial charge in [0.1, 0.15) is 11.6 Å². The zero-order valence-corrected chi connectivity index (χ0v) is 17.3. The van der Waals surface area contributed by atoms with E-state index in [0.29, 0.717) is 19.6 Å². The minimum Gasteiger partial charge on any atom is -0.382 e. The Kier molecular flexibility index (Phi) is 6.52. The fraction of sp³-hybridized carbons (Fsp3) is 0.455. The highest BCUT2D eigenvalue weighted by Gasteiger charge is 2.22. The first-order valence-electron chi connectivity index (χ1n) is 10.1. The summed E-state index contributed by atoms with van der Waals surface area (Å²) in [7, 11) is 0. The smallest absolute Gasteiger partial charge is 0.225 e. The molecule has 6 heteroatoms. The van der Waals surface area contributed by atoms with E-state index >= 15 is 0 Å². The molecule has 2 heterocycles. The molecule has 0 bridgehead atoms. The van der Waals surface area contributed by atoms with Crippen LogP contribution < -0.4 is 5.32 Å². The third-order valence-electron chi connectivity index (χ3n) is 5.06. The van der Waals surface area contributed by atoms with Crippen LogP contribution in [0.1, 0.15) is 44.4 Å². The van der Waals surface area contributed by atoms with Gasteiger partial charge in [0.05, 0.1) is 16.6 Å². The first-order chi connectivity index (χ1) is 13.6. The van der Waals surface area contributed by atoms with Crippen molar-refractivity contribution >= 4 is 22.8 Å². The quantitative estimate of drug-likeness (QED) is 0.522. The number of anilines is 1. The maximum atomic E-state index is 12.4. The third-order valence-corrected chi connectivity index (χ3v) is 5.06. The molecule has 3 rings (SSSR count). The average Bonchev–Trinajstić information content (AvgIpc) is 3.19. The van der Waals surface area contributed by atoms with Gasteiger partial charge in [0, 0.05) is 31.9 Å². The molecule has 1 amide bonds. The molecule has 28 heavy (non-hydrogen) atoms. The Bertz CT molecular complexity index is 922. The lowest BCUT2D eigenvalue weighted by Gasteiger charge is -2.14. The van der Waals surface area contributed by atoms with Crippen molar-refractivity contribution in [2.45, 2.75) is 53.5 Å². The van der Waals surface area contributed by atoms with Crippen LogP contribution in [0.2, 0.25) is 0 Å². The lowest BCUT2D eigenvalue weighted by Crippen LogP contribution is -2.16. The summed E-state index contributed by atoms with van der Waals surface area (Å²) in [5, 5.41) is 3.15. The Morgan fingerprint density at radius 2 is 2.04 bits per heavy atom. The van der Waals surface area contributed by atoms with Crippen LogP contribution in [0.3, 0.4) is 0 Å². The van der Waals surface area contributed by atoms with E-state index in [1.165, 1.54) is 0 Å². The number of amides is 1. The molecule has 2 aromatic heterocycles. The summed E-state index contributed by atoms with van der Waals surface area (Å²) < 4.78 is 7.68. The molecule has 3 aromatic rings. The van der Waals surface area contributed by atoms with Crippen LogP contribution in [0.25, 0.3) is 22.4 Å². The number of hydrogen-bond acceptors (Lipinski definition) is 3. The zero-order valence-electron chi connectivity index (χ0n) is 17.3. The molecule has 0 radical (unpaired) electrons.